The van der Waals surface area contributed by atoms with E-state index in [1.807, 2.05) is 0 Å². The molecule has 12 heteroatoms. The molecule has 33 heavy (non-hydrogen) atoms. The number of methoxy groups -OCH3 is 1. The molecule has 0 saturated heterocycles. The second-order valence-corrected chi connectivity index (χ2v) is 6.98. The van der Waals surface area contributed by atoms with E-state index in [9.17, 15) is 14.0 Å². The highest BCUT2D eigenvalue weighted by atomic mass is 35.5. The Kier molecular flexibility index (Phi) is 7.92. The van der Waals surface area contributed by atoms with Crippen molar-refractivity contribution in [1.82, 2.24) is 30.9 Å². The molecule has 0 bridgehead atoms. The van der Waals surface area contributed by atoms with Crippen molar-refractivity contribution in [1.29, 1.82) is 0 Å². The zero-order chi connectivity index (χ0) is 23.8. The molecule has 0 spiro atoms. The fourth-order valence-corrected chi connectivity index (χ4v) is 2.93. The molecule has 3 rings (SSSR count). The minimum absolute atomic E-state index is 0.0821. The maximum absolute atomic E-state index is 14.3. The first-order valence-electron chi connectivity index (χ1n) is 9.74. The summed E-state index contributed by atoms with van der Waals surface area (Å²) in [5.74, 6) is -0.385. The third kappa shape index (κ3) is 6.04. The molecule has 1 aromatic carbocycles. The highest BCUT2D eigenvalue weighted by Gasteiger charge is 2.17. The number of nitrogens with one attached hydrogen (secondary N) is 4. The number of aromatic nitrogens is 3. The minimum atomic E-state index is -0.537. The van der Waals surface area contributed by atoms with Gasteiger partial charge in [0.05, 0.1) is 30.1 Å². The molecule has 172 valence electrons. The molecule has 2 aromatic heterocycles. The van der Waals surface area contributed by atoms with Gasteiger partial charge in [0.1, 0.15) is 5.82 Å². The Morgan fingerprint density at radius 1 is 1.15 bits per heavy atom. The first-order chi connectivity index (χ1) is 15.9. The average molecular weight is 474 g/mol. The zero-order valence-corrected chi connectivity index (χ0v) is 18.5. The number of pyridine rings is 1. The fraction of sp³-hybridized carbons (Fsp3) is 0.190. The zero-order valence-electron chi connectivity index (χ0n) is 17.8. The monoisotopic (exact) mass is 473 g/mol. The van der Waals surface area contributed by atoms with Gasteiger partial charge in [-0.3, -0.25) is 9.78 Å². The van der Waals surface area contributed by atoms with Gasteiger partial charge in [-0.15, -0.1) is 0 Å². The lowest BCUT2D eigenvalue weighted by atomic mass is 10.2. The summed E-state index contributed by atoms with van der Waals surface area (Å²) in [5.41, 5.74) is 0.731. The van der Waals surface area contributed by atoms with Crippen LogP contribution in [-0.2, 0) is 0 Å². The third-order valence-corrected chi connectivity index (χ3v) is 4.62. The molecule has 0 saturated carbocycles. The normalized spacial score (nSPS) is 10.3. The number of amides is 3. The highest BCUT2D eigenvalue weighted by Crippen LogP contribution is 2.30. The number of nitrogens with zero attached hydrogens (tertiary/aromatic N) is 3. The van der Waals surface area contributed by atoms with Gasteiger partial charge in [-0.1, -0.05) is 11.6 Å². The molecule has 3 aromatic rings. The molecule has 0 atom stereocenters. The molecule has 2 heterocycles. The summed E-state index contributed by atoms with van der Waals surface area (Å²) in [7, 11) is 2.93. The van der Waals surface area contributed by atoms with E-state index in [4.69, 9.17) is 16.3 Å². The van der Waals surface area contributed by atoms with Crippen LogP contribution in [0, 0.1) is 5.82 Å². The van der Waals surface area contributed by atoms with Gasteiger partial charge >= 0.3 is 6.03 Å². The molecule has 10 nitrogen and oxygen atoms in total. The smallest absolute Gasteiger partial charge is 0.314 e. The molecule has 0 aliphatic rings. The van der Waals surface area contributed by atoms with Crippen molar-refractivity contribution in [2.45, 2.75) is 0 Å². The van der Waals surface area contributed by atoms with Crippen LogP contribution in [0.2, 0.25) is 5.02 Å². The molecule has 0 aliphatic carbocycles. The number of rotatable bonds is 8. The van der Waals surface area contributed by atoms with Gasteiger partial charge < -0.3 is 26.0 Å². The van der Waals surface area contributed by atoms with Crippen molar-refractivity contribution in [3.05, 3.63) is 59.3 Å². The fourth-order valence-electron chi connectivity index (χ4n) is 2.76. The summed E-state index contributed by atoms with van der Waals surface area (Å²) in [5, 5.41) is 11.0. The van der Waals surface area contributed by atoms with Gasteiger partial charge in [-0.2, -0.15) is 0 Å². The maximum atomic E-state index is 14.3. The second kappa shape index (κ2) is 11.0. The van der Waals surface area contributed by atoms with Gasteiger partial charge in [0.25, 0.3) is 5.91 Å². The SMILES string of the molecule is CNC(=O)NCCNC(=O)c1cnccc1Nc1nc(-c2cc(Cl)ccc2F)ncc1OC. The summed E-state index contributed by atoms with van der Waals surface area (Å²) < 4.78 is 19.6. The Labute approximate surface area is 193 Å². The first-order valence-corrected chi connectivity index (χ1v) is 10.1. The lowest BCUT2D eigenvalue weighted by Crippen LogP contribution is -2.38. The Morgan fingerprint density at radius 2 is 1.94 bits per heavy atom. The Morgan fingerprint density at radius 3 is 2.70 bits per heavy atom. The van der Waals surface area contributed by atoms with Crippen LogP contribution in [-0.4, -0.2) is 54.1 Å². The molecule has 0 aliphatic heterocycles. The van der Waals surface area contributed by atoms with Crippen molar-refractivity contribution in [3.63, 3.8) is 0 Å². The average Bonchev–Trinajstić information content (AvgIpc) is 2.83. The van der Waals surface area contributed by atoms with Crippen LogP contribution in [0.1, 0.15) is 10.4 Å². The quantitative estimate of drug-likeness (QED) is 0.370. The van der Waals surface area contributed by atoms with Crippen molar-refractivity contribution < 1.29 is 18.7 Å². The number of anilines is 2. The predicted octanol–water partition coefficient (Wildman–Crippen LogP) is 2.74. The van der Waals surface area contributed by atoms with E-state index < -0.39 is 11.7 Å². The number of urea groups is 1. The summed E-state index contributed by atoms with van der Waals surface area (Å²) in [6.45, 7) is 0.443. The third-order valence-electron chi connectivity index (χ3n) is 4.39. The summed E-state index contributed by atoms with van der Waals surface area (Å²) >= 11 is 5.99. The van der Waals surface area contributed by atoms with Gasteiger partial charge in [-0.25, -0.2) is 19.2 Å². The summed E-state index contributed by atoms with van der Waals surface area (Å²) in [6.07, 6.45) is 4.27. The van der Waals surface area contributed by atoms with Crippen LogP contribution in [0.5, 0.6) is 5.75 Å². The van der Waals surface area contributed by atoms with E-state index >= 15 is 0 Å². The number of halogens is 2. The number of hydrogen-bond acceptors (Lipinski definition) is 7. The number of ether oxygens (including phenoxy) is 1. The standard InChI is InChI=1S/C21H21ClFN7O3/c1-24-21(32)27-8-7-26-20(31)14-10-25-6-5-16(14)29-19-17(33-2)11-28-18(30-19)13-9-12(22)3-4-15(13)23/h3-6,9-11H,7-8H2,1-2H3,(H,26,31)(H2,24,27,32)(H,25,28,29,30). The number of carbonyl (C=O) groups excluding carboxylic acids is 2. The lowest BCUT2D eigenvalue weighted by Gasteiger charge is -2.14. The van der Waals surface area contributed by atoms with Crippen molar-refractivity contribution in [2.24, 2.45) is 0 Å². The number of benzene rings is 1. The van der Waals surface area contributed by atoms with Gasteiger partial charge in [0.15, 0.2) is 17.4 Å². The Bertz CT molecular complexity index is 1160. The second-order valence-electron chi connectivity index (χ2n) is 6.54. The minimum Gasteiger partial charge on any atom is -0.491 e. The van der Waals surface area contributed by atoms with Crippen LogP contribution in [0.15, 0.2) is 42.9 Å². The van der Waals surface area contributed by atoms with Crippen molar-refractivity contribution in [3.8, 4) is 17.1 Å². The maximum Gasteiger partial charge on any atom is 0.314 e. The van der Waals surface area contributed by atoms with E-state index in [2.05, 4.69) is 36.2 Å². The molecule has 0 fully saturated rings. The Hall–Kier alpha value is -3.99. The predicted molar refractivity (Wildman–Crippen MR) is 121 cm³/mol. The van der Waals surface area contributed by atoms with E-state index in [0.717, 1.165) is 0 Å². The molecular weight excluding hydrogens is 453 g/mol. The van der Waals surface area contributed by atoms with Crippen LogP contribution in [0.3, 0.4) is 0 Å². The first kappa shape index (κ1) is 23.7. The summed E-state index contributed by atoms with van der Waals surface area (Å²) in [6, 6.07) is 5.30. The number of carbonyl (C=O) groups is 2. The van der Waals surface area contributed by atoms with E-state index in [0.29, 0.717) is 10.7 Å². The van der Waals surface area contributed by atoms with Crippen LogP contribution in [0.25, 0.3) is 11.4 Å². The van der Waals surface area contributed by atoms with Crippen LogP contribution in [0.4, 0.5) is 20.7 Å². The topological polar surface area (TPSA) is 130 Å². The molecule has 0 radical (unpaired) electrons. The van der Waals surface area contributed by atoms with E-state index in [1.165, 1.54) is 50.9 Å². The summed E-state index contributed by atoms with van der Waals surface area (Å²) in [4.78, 5) is 36.4. The van der Waals surface area contributed by atoms with Gasteiger partial charge in [0, 0.05) is 37.6 Å². The van der Waals surface area contributed by atoms with Crippen LogP contribution < -0.4 is 26.0 Å². The number of hydrogen-bond donors (Lipinski definition) is 4. The Balaban J connectivity index is 1.84. The van der Waals surface area contributed by atoms with E-state index in [1.54, 1.807) is 6.07 Å². The van der Waals surface area contributed by atoms with Gasteiger partial charge in [0.2, 0.25) is 0 Å². The largest absolute Gasteiger partial charge is 0.491 e. The molecule has 4 N–H and O–H groups in total. The van der Waals surface area contributed by atoms with Crippen LogP contribution >= 0.6 is 11.6 Å². The molecule has 3 amide bonds. The van der Waals surface area contributed by atoms with Crippen molar-refractivity contribution in [2.75, 3.05) is 32.6 Å². The molecule has 0 unspecified atom stereocenters. The molecular formula is C21H21ClFN7O3. The van der Waals surface area contributed by atoms with Crippen molar-refractivity contribution >= 4 is 35.0 Å². The van der Waals surface area contributed by atoms with E-state index in [-0.39, 0.29) is 47.6 Å². The van der Waals surface area contributed by atoms with Gasteiger partial charge in [-0.05, 0) is 24.3 Å². The highest BCUT2D eigenvalue weighted by molar-refractivity contribution is 6.30. The lowest BCUT2D eigenvalue weighted by molar-refractivity contribution is 0.0954.